The molecule has 0 heterocycles. The van der Waals surface area contributed by atoms with Crippen LogP contribution in [0.25, 0.3) is 0 Å². The molecule has 0 aliphatic carbocycles. The summed E-state index contributed by atoms with van der Waals surface area (Å²) in [5, 5.41) is 23.3. The minimum absolute atomic E-state index is 0.0841. The molecule has 1 amide bonds. The van der Waals surface area contributed by atoms with Gasteiger partial charge in [0.15, 0.2) is 0 Å². The Bertz CT molecular complexity index is 835. The predicted molar refractivity (Wildman–Crippen MR) is 113 cm³/mol. The van der Waals surface area contributed by atoms with Crippen LogP contribution in [0.5, 0.6) is 0 Å². The molecule has 5 heteroatoms. The molecule has 1 unspecified atom stereocenters. The molecule has 3 N–H and O–H groups in total. The van der Waals surface area contributed by atoms with Gasteiger partial charge in [-0.05, 0) is 61.4 Å². The Morgan fingerprint density at radius 3 is 2.34 bits per heavy atom. The van der Waals surface area contributed by atoms with Crippen molar-refractivity contribution in [1.29, 1.82) is 0 Å². The Kier molecular flexibility index (Phi) is 7.55. The van der Waals surface area contributed by atoms with Crippen LogP contribution in [0.4, 0.5) is 4.39 Å². The highest BCUT2D eigenvalue weighted by molar-refractivity contribution is 5.79. The molecule has 2 aromatic carbocycles. The maximum absolute atomic E-state index is 14.0. The standard InChI is InChI=1S/C24H32FNO3/c1-15(2)18-9-7-10-21(24(4,5)29)20(18)12-17(14-27)26-23(28)13-19-16(3)8-6-11-22(19)25/h6-11,15,17,27,29H,12-14H2,1-5H3,(H,26,28). The zero-order valence-electron chi connectivity index (χ0n) is 17.9. The van der Waals surface area contributed by atoms with Gasteiger partial charge < -0.3 is 15.5 Å². The predicted octanol–water partition coefficient (Wildman–Crippen LogP) is 3.75. The van der Waals surface area contributed by atoms with Gasteiger partial charge in [-0.2, -0.15) is 0 Å². The first-order valence-corrected chi connectivity index (χ1v) is 10.0. The fraction of sp³-hybridized carbons (Fsp3) is 0.458. The highest BCUT2D eigenvalue weighted by atomic mass is 19.1. The third-order valence-corrected chi connectivity index (χ3v) is 5.22. The lowest BCUT2D eigenvalue weighted by molar-refractivity contribution is -0.121. The number of aryl methyl sites for hydroxylation is 1. The molecule has 0 aliphatic heterocycles. The van der Waals surface area contributed by atoms with E-state index in [9.17, 15) is 19.4 Å². The van der Waals surface area contributed by atoms with Crippen LogP contribution in [0.15, 0.2) is 36.4 Å². The highest BCUT2D eigenvalue weighted by Crippen LogP contribution is 2.31. The summed E-state index contributed by atoms with van der Waals surface area (Å²) in [7, 11) is 0. The van der Waals surface area contributed by atoms with Gasteiger partial charge in [-0.25, -0.2) is 4.39 Å². The Labute approximate surface area is 172 Å². The maximum Gasteiger partial charge on any atom is 0.224 e. The van der Waals surface area contributed by atoms with Gasteiger partial charge in [0.2, 0.25) is 5.91 Å². The van der Waals surface area contributed by atoms with Crippen LogP contribution in [0, 0.1) is 12.7 Å². The topological polar surface area (TPSA) is 69.6 Å². The second kappa shape index (κ2) is 9.51. The van der Waals surface area contributed by atoms with E-state index in [1.807, 2.05) is 18.2 Å². The van der Waals surface area contributed by atoms with E-state index in [0.29, 0.717) is 12.0 Å². The average molecular weight is 402 g/mol. The van der Waals surface area contributed by atoms with Gasteiger partial charge in [0.25, 0.3) is 0 Å². The van der Waals surface area contributed by atoms with Crippen molar-refractivity contribution in [3.8, 4) is 0 Å². The number of amides is 1. The number of carbonyl (C=O) groups excluding carboxylic acids is 1. The van der Waals surface area contributed by atoms with Crippen molar-refractivity contribution in [2.45, 2.75) is 65.0 Å². The molecule has 0 aliphatic rings. The monoisotopic (exact) mass is 401 g/mol. The van der Waals surface area contributed by atoms with Crippen molar-refractivity contribution in [3.05, 3.63) is 70.0 Å². The molecule has 0 radical (unpaired) electrons. The number of benzene rings is 2. The molecule has 2 rings (SSSR count). The molecule has 0 fully saturated rings. The molecular weight excluding hydrogens is 369 g/mol. The quantitative estimate of drug-likeness (QED) is 0.631. The van der Waals surface area contributed by atoms with Gasteiger partial charge in [-0.15, -0.1) is 0 Å². The van der Waals surface area contributed by atoms with Crippen molar-refractivity contribution in [3.63, 3.8) is 0 Å². The number of hydrogen-bond donors (Lipinski definition) is 3. The SMILES string of the molecule is Cc1cccc(F)c1CC(=O)NC(CO)Cc1c(C(C)C)cccc1C(C)(C)O. The van der Waals surface area contributed by atoms with Crippen molar-refractivity contribution >= 4 is 5.91 Å². The lowest BCUT2D eigenvalue weighted by Gasteiger charge is -2.27. The van der Waals surface area contributed by atoms with E-state index >= 15 is 0 Å². The number of aliphatic hydroxyl groups excluding tert-OH is 1. The average Bonchev–Trinajstić information content (AvgIpc) is 2.63. The summed E-state index contributed by atoms with van der Waals surface area (Å²) < 4.78 is 14.0. The van der Waals surface area contributed by atoms with Gasteiger partial charge in [0.05, 0.1) is 24.7 Å². The smallest absolute Gasteiger partial charge is 0.224 e. The number of carbonyl (C=O) groups is 1. The van der Waals surface area contributed by atoms with E-state index in [1.54, 1.807) is 32.9 Å². The van der Waals surface area contributed by atoms with Crippen molar-refractivity contribution in [2.75, 3.05) is 6.61 Å². The van der Waals surface area contributed by atoms with E-state index in [-0.39, 0.29) is 24.9 Å². The van der Waals surface area contributed by atoms with E-state index in [1.165, 1.54) is 6.07 Å². The molecule has 2 aromatic rings. The van der Waals surface area contributed by atoms with E-state index in [4.69, 9.17) is 0 Å². The zero-order chi connectivity index (χ0) is 21.8. The third kappa shape index (κ3) is 5.87. The van der Waals surface area contributed by atoms with Crippen LogP contribution < -0.4 is 5.32 Å². The minimum Gasteiger partial charge on any atom is -0.394 e. The molecule has 29 heavy (non-hydrogen) atoms. The lowest BCUT2D eigenvalue weighted by atomic mass is 9.84. The van der Waals surface area contributed by atoms with Crippen LogP contribution in [-0.2, 0) is 23.2 Å². The van der Waals surface area contributed by atoms with Crippen molar-refractivity contribution < 1.29 is 19.4 Å². The molecule has 0 aromatic heterocycles. The Balaban J connectivity index is 2.25. The first-order valence-electron chi connectivity index (χ1n) is 10.0. The third-order valence-electron chi connectivity index (χ3n) is 5.22. The summed E-state index contributed by atoms with van der Waals surface area (Å²) >= 11 is 0. The van der Waals surface area contributed by atoms with Crippen molar-refractivity contribution in [2.24, 2.45) is 0 Å². The fourth-order valence-corrected chi connectivity index (χ4v) is 3.68. The Morgan fingerprint density at radius 2 is 1.79 bits per heavy atom. The van der Waals surface area contributed by atoms with Crippen LogP contribution >= 0.6 is 0 Å². The van der Waals surface area contributed by atoms with Gasteiger partial charge in [0.1, 0.15) is 5.82 Å². The number of nitrogens with one attached hydrogen (secondary N) is 1. The van der Waals surface area contributed by atoms with Crippen molar-refractivity contribution in [1.82, 2.24) is 5.32 Å². The number of halogens is 1. The van der Waals surface area contributed by atoms with E-state index < -0.39 is 17.5 Å². The molecule has 1 atom stereocenters. The lowest BCUT2D eigenvalue weighted by Crippen LogP contribution is -2.41. The van der Waals surface area contributed by atoms with Gasteiger partial charge in [-0.3, -0.25) is 4.79 Å². The summed E-state index contributed by atoms with van der Waals surface area (Å²) in [4.78, 5) is 12.5. The molecule has 0 bridgehead atoms. The summed E-state index contributed by atoms with van der Waals surface area (Å²) in [6.07, 6.45) is 0.297. The minimum atomic E-state index is -1.05. The first kappa shape index (κ1) is 23.0. The van der Waals surface area contributed by atoms with Gasteiger partial charge in [0, 0.05) is 5.56 Å². The Morgan fingerprint density at radius 1 is 1.14 bits per heavy atom. The number of hydrogen-bond acceptors (Lipinski definition) is 3. The molecule has 4 nitrogen and oxygen atoms in total. The maximum atomic E-state index is 14.0. The number of rotatable bonds is 8. The largest absolute Gasteiger partial charge is 0.394 e. The van der Waals surface area contributed by atoms with Gasteiger partial charge >= 0.3 is 0 Å². The number of aliphatic hydroxyl groups is 2. The molecule has 158 valence electrons. The van der Waals surface area contributed by atoms with Crippen LogP contribution in [0.2, 0.25) is 0 Å². The highest BCUT2D eigenvalue weighted by Gasteiger charge is 2.25. The Hall–Kier alpha value is -2.24. The van der Waals surface area contributed by atoms with E-state index in [2.05, 4.69) is 19.2 Å². The van der Waals surface area contributed by atoms with E-state index in [0.717, 1.165) is 22.3 Å². The fourth-order valence-electron chi connectivity index (χ4n) is 3.68. The second-order valence-electron chi connectivity index (χ2n) is 8.45. The molecule has 0 spiro atoms. The summed E-state index contributed by atoms with van der Waals surface area (Å²) in [6, 6.07) is 9.99. The van der Waals surface area contributed by atoms with Crippen LogP contribution in [0.3, 0.4) is 0 Å². The van der Waals surface area contributed by atoms with Crippen LogP contribution in [-0.4, -0.2) is 28.8 Å². The summed E-state index contributed by atoms with van der Waals surface area (Å²) in [5.74, 6) is -0.525. The first-order chi connectivity index (χ1) is 13.5. The summed E-state index contributed by atoms with van der Waals surface area (Å²) in [6.45, 7) is 9.11. The second-order valence-corrected chi connectivity index (χ2v) is 8.45. The molecule has 0 saturated heterocycles. The normalized spacial score (nSPS) is 12.9. The molecular formula is C24H32FNO3. The van der Waals surface area contributed by atoms with Crippen LogP contribution in [0.1, 0.15) is 61.4 Å². The van der Waals surface area contributed by atoms with Gasteiger partial charge in [-0.1, -0.05) is 44.2 Å². The zero-order valence-corrected chi connectivity index (χ0v) is 17.9. The summed E-state index contributed by atoms with van der Waals surface area (Å²) in [5.41, 5.74) is 2.81. The molecule has 0 saturated carbocycles.